The smallest absolute Gasteiger partial charge is 0.395 e. The second kappa shape index (κ2) is 6.85. The molecule has 0 unspecified atom stereocenters. The molecule has 1 aromatic rings. The lowest BCUT2D eigenvalue weighted by atomic mass is 10.2. The highest BCUT2D eigenvalue weighted by Gasteiger charge is 2.34. The molecule has 1 aliphatic carbocycles. The molecule has 1 amide bonds. The number of aliphatic hydroxyl groups is 1. The maximum atomic E-state index is 12.8. The van der Waals surface area contributed by atoms with Crippen LogP contribution in [-0.2, 0) is 11.0 Å². The monoisotopic (exact) mass is 336 g/mol. The van der Waals surface area contributed by atoms with Crippen molar-refractivity contribution < 1.29 is 23.1 Å². The standard InChI is InChI=1S/C14H16ClF3N2O2/c15-12-4-1-9(7-11(12)14(16,17)18)19-13(22)8-20(5-6-21)10-2-3-10/h1,4,7,10,21H,2-3,5-6,8H2,(H,19,22). The molecule has 0 saturated heterocycles. The Hall–Kier alpha value is -1.31. The zero-order chi connectivity index (χ0) is 16.3. The van der Waals surface area contributed by atoms with Gasteiger partial charge in [-0.1, -0.05) is 11.6 Å². The van der Waals surface area contributed by atoms with Gasteiger partial charge in [0, 0.05) is 18.3 Å². The molecule has 0 atom stereocenters. The Morgan fingerprint density at radius 3 is 2.64 bits per heavy atom. The van der Waals surface area contributed by atoms with Crippen LogP contribution in [0.1, 0.15) is 18.4 Å². The van der Waals surface area contributed by atoms with Gasteiger partial charge in [-0.15, -0.1) is 0 Å². The van der Waals surface area contributed by atoms with Crippen LogP contribution in [0.5, 0.6) is 0 Å². The number of alkyl halides is 3. The van der Waals surface area contributed by atoms with Gasteiger partial charge in [0.1, 0.15) is 0 Å². The Kier molecular flexibility index (Phi) is 5.31. The number of benzene rings is 1. The Labute approximate surface area is 130 Å². The van der Waals surface area contributed by atoms with Gasteiger partial charge in [0.15, 0.2) is 0 Å². The van der Waals surface area contributed by atoms with Crippen LogP contribution in [0.3, 0.4) is 0 Å². The van der Waals surface area contributed by atoms with Gasteiger partial charge in [-0.25, -0.2) is 0 Å². The van der Waals surface area contributed by atoms with Crippen molar-refractivity contribution in [3.05, 3.63) is 28.8 Å². The van der Waals surface area contributed by atoms with E-state index < -0.39 is 22.7 Å². The summed E-state index contributed by atoms with van der Waals surface area (Å²) in [4.78, 5) is 13.7. The summed E-state index contributed by atoms with van der Waals surface area (Å²) in [5, 5.41) is 11.0. The third-order valence-electron chi connectivity index (χ3n) is 3.35. The van der Waals surface area contributed by atoms with E-state index in [0.29, 0.717) is 6.54 Å². The van der Waals surface area contributed by atoms with E-state index in [9.17, 15) is 18.0 Å². The first-order chi connectivity index (χ1) is 10.3. The van der Waals surface area contributed by atoms with E-state index in [4.69, 9.17) is 16.7 Å². The fourth-order valence-electron chi connectivity index (χ4n) is 2.16. The summed E-state index contributed by atoms with van der Waals surface area (Å²) >= 11 is 5.52. The number of hydrogen-bond acceptors (Lipinski definition) is 3. The first-order valence-electron chi connectivity index (χ1n) is 6.83. The highest BCUT2D eigenvalue weighted by atomic mass is 35.5. The number of nitrogens with one attached hydrogen (secondary N) is 1. The maximum Gasteiger partial charge on any atom is 0.417 e. The molecule has 0 aliphatic heterocycles. The number of amides is 1. The highest BCUT2D eigenvalue weighted by molar-refractivity contribution is 6.31. The first-order valence-corrected chi connectivity index (χ1v) is 7.20. The summed E-state index contributed by atoms with van der Waals surface area (Å²) in [6.07, 6.45) is -2.65. The largest absolute Gasteiger partial charge is 0.417 e. The Bertz CT molecular complexity index is 547. The van der Waals surface area contributed by atoms with E-state index in [1.807, 2.05) is 4.90 Å². The van der Waals surface area contributed by atoms with Crippen LogP contribution in [0.2, 0.25) is 5.02 Å². The van der Waals surface area contributed by atoms with Gasteiger partial charge in [-0.2, -0.15) is 13.2 Å². The summed E-state index contributed by atoms with van der Waals surface area (Å²) < 4.78 is 38.3. The number of hydrogen-bond donors (Lipinski definition) is 2. The molecule has 1 fully saturated rings. The SMILES string of the molecule is O=C(CN(CCO)C1CC1)Nc1ccc(Cl)c(C(F)(F)F)c1. The Morgan fingerprint density at radius 2 is 2.09 bits per heavy atom. The number of anilines is 1. The Balaban J connectivity index is 2.02. The average molecular weight is 337 g/mol. The zero-order valence-corrected chi connectivity index (χ0v) is 12.4. The maximum absolute atomic E-state index is 12.8. The topological polar surface area (TPSA) is 52.6 Å². The van der Waals surface area contributed by atoms with Gasteiger partial charge in [-0.3, -0.25) is 9.69 Å². The van der Waals surface area contributed by atoms with Crippen LogP contribution in [0.4, 0.5) is 18.9 Å². The number of halogens is 4. The van der Waals surface area contributed by atoms with Crippen LogP contribution in [-0.4, -0.2) is 41.7 Å². The molecule has 0 bridgehead atoms. The molecule has 1 aromatic carbocycles. The summed E-state index contributed by atoms with van der Waals surface area (Å²) in [6, 6.07) is 3.51. The molecular formula is C14H16ClF3N2O2. The molecule has 2 rings (SSSR count). The van der Waals surface area contributed by atoms with E-state index >= 15 is 0 Å². The van der Waals surface area contributed by atoms with Gasteiger partial charge in [0.2, 0.25) is 5.91 Å². The second-order valence-corrected chi connectivity index (χ2v) is 5.57. The van der Waals surface area contributed by atoms with Crippen LogP contribution in [0, 0.1) is 0 Å². The average Bonchev–Trinajstić information content (AvgIpc) is 3.23. The van der Waals surface area contributed by atoms with E-state index in [0.717, 1.165) is 25.0 Å². The molecule has 4 nitrogen and oxygen atoms in total. The fraction of sp³-hybridized carbons (Fsp3) is 0.500. The molecular weight excluding hydrogens is 321 g/mol. The van der Waals surface area contributed by atoms with Gasteiger partial charge < -0.3 is 10.4 Å². The van der Waals surface area contributed by atoms with Gasteiger partial charge in [0.25, 0.3) is 0 Å². The molecule has 122 valence electrons. The summed E-state index contributed by atoms with van der Waals surface area (Å²) in [6.45, 7) is 0.338. The number of carbonyl (C=O) groups excluding carboxylic acids is 1. The van der Waals surface area contributed by atoms with Crippen molar-refractivity contribution in [1.29, 1.82) is 0 Å². The summed E-state index contributed by atoms with van der Waals surface area (Å²) in [5.41, 5.74) is -0.942. The Morgan fingerprint density at radius 1 is 1.41 bits per heavy atom. The quantitative estimate of drug-likeness (QED) is 0.840. The minimum absolute atomic E-state index is 0.0369. The van der Waals surface area contributed by atoms with Crippen molar-refractivity contribution in [3.8, 4) is 0 Å². The van der Waals surface area contributed by atoms with E-state index in [-0.39, 0.29) is 24.9 Å². The van der Waals surface area contributed by atoms with Crippen molar-refractivity contribution in [2.45, 2.75) is 25.1 Å². The predicted octanol–water partition coefficient (Wildman–Crippen LogP) is 2.75. The van der Waals surface area contributed by atoms with Crippen molar-refractivity contribution in [2.24, 2.45) is 0 Å². The van der Waals surface area contributed by atoms with Crippen molar-refractivity contribution >= 4 is 23.2 Å². The molecule has 2 N–H and O–H groups in total. The van der Waals surface area contributed by atoms with Gasteiger partial charge in [-0.05, 0) is 31.0 Å². The van der Waals surface area contributed by atoms with Crippen LogP contribution in [0.15, 0.2) is 18.2 Å². The molecule has 1 aliphatic rings. The van der Waals surface area contributed by atoms with Crippen LogP contribution >= 0.6 is 11.6 Å². The number of aliphatic hydroxyl groups excluding tert-OH is 1. The number of rotatable bonds is 6. The summed E-state index contributed by atoms with van der Waals surface area (Å²) in [5.74, 6) is -0.421. The normalized spacial score (nSPS) is 15.2. The number of nitrogens with zero attached hydrogens (tertiary/aromatic N) is 1. The number of carbonyl (C=O) groups is 1. The van der Waals surface area contributed by atoms with E-state index in [1.165, 1.54) is 6.07 Å². The minimum atomic E-state index is -4.57. The molecule has 0 heterocycles. The lowest BCUT2D eigenvalue weighted by Crippen LogP contribution is -2.36. The lowest BCUT2D eigenvalue weighted by Gasteiger charge is -2.20. The third kappa shape index (κ3) is 4.59. The summed E-state index contributed by atoms with van der Waals surface area (Å²) in [7, 11) is 0. The zero-order valence-electron chi connectivity index (χ0n) is 11.7. The lowest BCUT2D eigenvalue weighted by molar-refractivity contribution is -0.137. The van der Waals surface area contributed by atoms with E-state index in [1.54, 1.807) is 0 Å². The van der Waals surface area contributed by atoms with E-state index in [2.05, 4.69) is 5.32 Å². The molecule has 1 saturated carbocycles. The molecule has 0 spiro atoms. The second-order valence-electron chi connectivity index (χ2n) is 5.17. The molecule has 0 radical (unpaired) electrons. The molecule has 0 aromatic heterocycles. The molecule has 8 heteroatoms. The fourth-order valence-corrected chi connectivity index (χ4v) is 2.39. The van der Waals surface area contributed by atoms with Crippen LogP contribution in [0.25, 0.3) is 0 Å². The van der Waals surface area contributed by atoms with Crippen molar-refractivity contribution in [3.63, 3.8) is 0 Å². The highest BCUT2D eigenvalue weighted by Crippen LogP contribution is 2.36. The minimum Gasteiger partial charge on any atom is -0.395 e. The van der Waals surface area contributed by atoms with Crippen molar-refractivity contribution in [1.82, 2.24) is 4.90 Å². The molecule has 22 heavy (non-hydrogen) atoms. The van der Waals surface area contributed by atoms with Gasteiger partial charge in [0.05, 0.1) is 23.7 Å². The first kappa shape index (κ1) is 17.1. The predicted molar refractivity (Wildman–Crippen MR) is 76.8 cm³/mol. The van der Waals surface area contributed by atoms with Crippen molar-refractivity contribution in [2.75, 3.05) is 25.0 Å². The van der Waals surface area contributed by atoms with Crippen LogP contribution < -0.4 is 5.32 Å². The van der Waals surface area contributed by atoms with Gasteiger partial charge >= 0.3 is 6.18 Å². The third-order valence-corrected chi connectivity index (χ3v) is 3.68.